The number of carbonyl (C=O) groups is 2. The number of methoxy groups -OCH3 is 3. The molecule has 0 spiro atoms. The van der Waals surface area contributed by atoms with Gasteiger partial charge in [-0.25, -0.2) is 4.79 Å². The molecule has 0 fully saturated rings. The Morgan fingerprint density at radius 2 is 1.59 bits per heavy atom. The Bertz CT molecular complexity index is 529. The number of aliphatic hydroxyl groups excluding tert-OH is 2. The molecular formula is C14H18O8. The van der Waals surface area contributed by atoms with Crippen molar-refractivity contribution in [3.05, 3.63) is 23.3 Å². The van der Waals surface area contributed by atoms with Crippen molar-refractivity contribution in [3.8, 4) is 11.5 Å². The summed E-state index contributed by atoms with van der Waals surface area (Å²) < 4.78 is 14.5. The largest absolute Gasteiger partial charge is 0.496 e. The van der Waals surface area contributed by atoms with Crippen LogP contribution in [-0.4, -0.2) is 54.7 Å². The minimum atomic E-state index is -1.52. The minimum Gasteiger partial charge on any atom is -0.496 e. The van der Waals surface area contributed by atoms with Crippen molar-refractivity contribution < 1.29 is 39.1 Å². The summed E-state index contributed by atoms with van der Waals surface area (Å²) in [4.78, 5) is 22.2. The van der Waals surface area contributed by atoms with Crippen LogP contribution in [0.3, 0.4) is 0 Å². The Morgan fingerprint density at radius 3 is 1.95 bits per heavy atom. The van der Waals surface area contributed by atoms with Gasteiger partial charge in [0.15, 0.2) is 0 Å². The van der Waals surface area contributed by atoms with E-state index in [4.69, 9.17) is 14.6 Å². The highest BCUT2D eigenvalue weighted by Gasteiger charge is 2.29. The van der Waals surface area contributed by atoms with E-state index in [0.717, 1.165) is 7.11 Å². The lowest BCUT2D eigenvalue weighted by molar-refractivity contribution is -0.144. The van der Waals surface area contributed by atoms with Gasteiger partial charge in [0.2, 0.25) is 0 Å². The van der Waals surface area contributed by atoms with Crippen molar-refractivity contribution >= 4 is 11.9 Å². The molecule has 0 aliphatic heterocycles. The topological polar surface area (TPSA) is 123 Å². The SMILES string of the molecule is COC(=O)CC(O)C(O)c1c(OC)cc(C(=O)O)cc1OC. The molecule has 0 aliphatic carbocycles. The maximum Gasteiger partial charge on any atom is 0.335 e. The van der Waals surface area contributed by atoms with Gasteiger partial charge in [0.1, 0.15) is 17.6 Å². The van der Waals surface area contributed by atoms with Gasteiger partial charge in [-0.1, -0.05) is 0 Å². The van der Waals surface area contributed by atoms with Gasteiger partial charge in [0.05, 0.1) is 45.0 Å². The first kappa shape index (κ1) is 17.7. The molecule has 0 heterocycles. The lowest BCUT2D eigenvalue weighted by Gasteiger charge is -2.22. The average molecular weight is 314 g/mol. The first-order valence-corrected chi connectivity index (χ1v) is 6.27. The summed E-state index contributed by atoms with van der Waals surface area (Å²) in [5.74, 6) is -1.86. The third kappa shape index (κ3) is 3.86. The second-order valence-corrected chi connectivity index (χ2v) is 4.39. The second-order valence-electron chi connectivity index (χ2n) is 4.39. The lowest BCUT2D eigenvalue weighted by Crippen LogP contribution is -2.23. The molecule has 1 rings (SSSR count). The number of hydrogen-bond donors (Lipinski definition) is 3. The molecule has 0 saturated carbocycles. The number of carbonyl (C=O) groups excluding carboxylic acids is 1. The maximum atomic E-state index is 11.2. The van der Waals surface area contributed by atoms with Gasteiger partial charge in [0, 0.05) is 0 Å². The van der Waals surface area contributed by atoms with E-state index in [-0.39, 0.29) is 22.6 Å². The maximum absolute atomic E-state index is 11.2. The number of rotatable bonds is 7. The summed E-state index contributed by atoms with van der Waals surface area (Å²) in [5, 5.41) is 29.2. The zero-order chi connectivity index (χ0) is 16.9. The van der Waals surface area contributed by atoms with Crippen LogP contribution in [0.5, 0.6) is 11.5 Å². The normalized spacial score (nSPS) is 13.1. The molecule has 8 nitrogen and oxygen atoms in total. The molecule has 8 heteroatoms. The number of hydrogen-bond acceptors (Lipinski definition) is 7. The predicted octanol–water partition coefficient (Wildman–Crippen LogP) is 0.359. The Hall–Kier alpha value is -2.32. The minimum absolute atomic E-state index is 0.0214. The zero-order valence-electron chi connectivity index (χ0n) is 12.4. The molecule has 3 N–H and O–H groups in total. The van der Waals surface area contributed by atoms with E-state index in [1.165, 1.54) is 26.4 Å². The Morgan fingerprint density at radius 1 is 1.09 bits per heavy atom. The van der Waals surface area contributed by atoms with Crippen LogP contribution in [0, 0.1) is 0 Å². The summed E-state index contributed by atoms with van der Waals surface area (Å²) in [7, 11) is 3.72. The standard InChI is InChI=1S/C14H18O8/c1-20-9-4-7(14(18)19)5-10(21-2)12(9)13(17)8(15)6-11(16)22-3/h4-5,8,13,15,17H,6H2,1-3H3,(H,18,19). The highest BCUT2D eigenvalue weighted by atomic mass is 16.5. The number of carboxylic acids is 1. The van der Waals surface area contributed by atoms with Crippen LogP contribution in [-0.2, 0) is 9.53 Å². The monoisotopic (exact) mass is 314 g/mol. The molecule has 2 atom stereocenters. The second kappa shape index (κ2) is 7.62. The molecule has 1 aromatic carbocycles. The molecule has 122 valence electrons. The first-order valence-electron chi connectivity index (χ1n) is 6.27. The van der Waals surface area contributed by atoms with Crippen LogP contribution in [0.1, 0.15) is 28.4 Å². The van der Waals surface area contributed by atoms with Crippen LogP contribution in [0.2, 0.25) is 0 Å². The van der Waals surface area contributed by atoms with Gasteiger partial charge < -0.3 is 29.5 Å². The molecule has 2 unspecified atom stereocenters. The van der Waals surface area contributed by atoms with Crippen molar-refractivity contribution in [3.63, 3.8) is 0 Å². The first-order chi connectivity index (χ1) is 10.3. The summed E-state index contributed by atoms with van der Waals surface area (Å²) in [6.07, 6.45) is -3.43. The molecule has 0 amide bonds. The van der Waals surface area contributed by atoms with Crippen LogP contribution in [0.15, 0.2) is 12.1 Å². The molecule has 1 aromatic rings. The van der Waals surface area contributed by atoms with Crippen molar-refractivity contribution in [1.29, 1.82) is 0 Å². The predicted molar refractivity (Wildman–Crippen MR) is 74.1 cm³/mol. The summed E-state index contributed by atoms with van der Waals surface area (Å²) in [5.41, 5.74) is -0.0569. The van der Waals surface area contributed by atoms with E-state index < -0.39 is 30.6 Å². The van der Waals surface area contributed by atoms with Gasteiger partial charge in [-0.2, -0.15) is 0 Å². The average Bonchev–Trinajstić information content (AvgIpc) is 2.52. The lowest BCUT2D eigenvalue weighted by atomic mass is 9.98. The molecule has 0 bridgehead atoms. The Balaban J connectivity index is 3.26. The van der Waals surface area contributed by atoms with Gasteiger partial charge in [0.25, 0.3) is 0 Å². The van der Waals surface area contributed by atoms with Crippen LogP contribution in [0.25, 0.3) is 0 Å². The van der Waals surface area contributed by atoms with Gasteiger partial charge >= 0.3 is 11.9 Å². The molecule has 0 radical (unpaired) electrons. The molecule has 0 aromatic heterocycles. The third-order valence-corrected chi connectivity index (χ3v) is 3.05. The van der Waals surface area contributed by atoms with Crippen molar-refractivity contribution in [2.24, 2.45) is 0 Å². The molecule has 0 aliphatic rings. The van der Waals surface area contributed by atoms with E-state index in [2.05, 4.69) is 4.74 Å². The summed E-state index contributed by atoms with van der Waals surface area (Å²) in [6, 6.07) is 2.38. The van der Waals surface area contributed by atoms with Crippen LogP contribution >= 0.6 is 0 Å². The number of ether oxygens (including phenoxy) is 3. The fourth-order valence-corrected chi connectivity index (χ4v) is 1.91. The zero-order valence-corrected chi connectivity index (χ0v) is 12.4. The quantitative estimate of drug-likeness (QED) is 0.617. The van der Waals surface area contributed by atoms with Gasteiger partial charge in [-0.3, -0.25) is 4.79 Å². The van der Waals surface area contributed by atoms with Gasteiger partial charge in [-0.15, -0.1) is 0 Å². The summed E-state index contributed by atoms with van der Waals surface area (Å²) in [6.45, 7) is 0. The molecular weight excluding hydrogens is 296 g/mol. The fraction of sp³-hybridized carbons (Fsp3) is 0.429. The number of aromatic carboxylic acids is 1. The van der Waals surface area contributed by atoms with Crippen molar-refractivity contribution in [2.45, 2.75) is 18.6 Å². The highest BCUT2D eigenvalue weighted by Crippen LogP contribution is 2.37. The van der Waals surface area contributed by atoms with E-state index in [0.29, 0.717) is 0 Å². The number of benzene rings is 1. The number of esters is 1. The van der Waals surface area contributed by atoms with E-state index in [1.807, 2.05) is 0 Å². The van der Waals surface area contributed by atoms with Crippen LogP contribution in [0.4, 0.5) is 0 Å². The summed E-state index contributed by atoms with van der Waals surface area (Å²) >= 11 is 0. The molecule has 22 heavy (non-hydrogen) atoms. The van der Waals surface area contributed by atoms with Gasteiger partial charge in [-0.05, 0) is 12.1 Å². The molecule has 0 saturated heterocycles. The number of aliphatic hydroxyl groups is 2. The Labute approximate surface area is 126 Å². The van der Waals surface area contributed by atoms with E-state index in [1.54, 1.807) is 0 Å². The third-order valence-electron chi connectivity index (χ3n) is 3.05. The highest BCUT2D eigenvalue weighted by molar-refractivity contribution is 5.89. The van der Waals surface area contributed by atoms with E-state index in [9.17, 15) is 19.8 Å². The fourth-order valence-electron chi connectivity index (χ4n) is 1.91. The smallest absolute Gasteiger partial charge is 0.335 e. The van der Waals surface area contributed by atoms with Crippen LogP contribution < -0.4 is 9.47 Å². The number of carboxylic acid groups (broad SMARTS) is 1. The van der Waals surface area contributed by atoms with E-state index >= 15 is 0 Å². The Kier molecular flexibility index (Phi) is 6.14. The van der Waals surface area contributed by atoms with Crippen molar-refractivity contribution in [1.82, 2.24) is 0 Å². The van der Waals surface area contributed by atoms with Crippen molar-refractivity contribution in [2.75, 3.05) is 21.3 Å².